The fraction of sp³-hybridized carbons (Fsp3) is 0.107. The highest BCUT2D eigenvalue weighted by atomic mass is 16.5. The average molecular weight is 465 g/mol. The van der Waals surface area contributed by atoms with E-state index >= 15 is 0 Å². The Hall–Kier alpha value is -4.65. The highest BCUT2D eigenvalue weighted by Gasteiger charge is 2.24. The van der Waals surface area contributed by atoms with Crippen LogP contribution in [-0.2, 0) is 13.1 Å². The first-order valence-corrected chi connectivity index (χ1v) is 11.3. The molecule has 35 heavy (non-hydrogen) atoms. The van der Waals surface area contributed by atoms with Gasteiger partial charge in [0.1, 0.15) is 11.4 Å². The molecular formula is C28H24N4O3. The Morgan fingerprint density at radius 2 is 1.60 bits per heavy atom. The lowest BCUT2D eigenvalue weighted by atomic mass is 10.1. The maximum atomic E-state index is 13.4. The molecule has 5 rings (SSSR count). The van der Waals surface area contributed by atoms with Crippen LogP contribution in [0.15, 0.2) is 102 Å². The summed E-state index contributed by atoms with van der Waals surface area (Å²) in [6.07, 6.45) is 3.50. The Bertz CT molecular complexity index is 1490. The van der Waals surface area contributed by atoms with E-state index < -0.39 is 0 Å². The second-order valence-electron chi connectivity index (χ2n) is 8.14. The molecule has 0 aliphatic carbocycles. The lowest BCUT2D eigenvalue weighted by Crippen LogP contribution is -2.25. The number of nitrogens with one attached hydrogen (secondary N) is 1. The number of pyridine rings is 1. The van der Waals surface area contributed by atoms with Crippen molar-refractivity contribution < 1.29 is 9.53 Å². The normalized spacial score (nSPS) is 10.9. The van der Waals surface area contributed by atoms with E-state index in [1.807, 2.05) is 89.5 Å². The molecule has 0 saturated carbocycles. The van der Waals surface area contributed by atoms with Gasteiger partial charge < -0.3 is 14.6 Å². The van der Waals surface area contributed by atoms with Gasteiger partial charge in [-0.2, -0.15) is 9.78 Å². The third-order valence-electron chi connectivity index (χ3n) is 5.81. The quantitative estimate of drug-likeness (QED) is 0.393. The van der Waals surface area contributed by atoms with E-state index in [2.05, 4.69) is 10.4 Å². The predicted octanol–water partition coefficient (Wildman–Crippen LogP) is 4.13. The second-order valence-corrected chi connectivity index (χ2v) is 8.14. The Morgan fingerprint density at radius 3 is 2.34 bits per heavy atom. The van der Waals surface area contributed by atoms with E-state index in [0.717, 1.165) is 11.1 Å². The number of aromatic nitrogens is 3. The van der Waals surface area contributed by atoms with Gasteiger partial charge in [0.25, 0.3) is 11.5 Å². The number of nitrogens with zero attached hydrogens (tertiary/aromatic N) is 3. The van der Waals surface area contributed by atoms with Crippen LogP contribution in [0.2, 0.25) is 0 Å². The summed E-state index contributed by atoms with van der Waals surface area (Å²) in [4.78, 5) is 26.7. The van der Waals surface area contributed by atoms with E-state index in [4.69, 9.17) is 4.74 Å². The van der Waals surface area contributed by atoms with Gasteiger partial charge in [0.2, 0.25) is 0 Å². The molecule has 2 aliphatic rings. The molecule has 1 amide bonds. The first-order chi connectivity index (χ1) is 17.1. The zero-order chi connectivity index (χ0) is 24.2. The van der Waals surface area contributed by atoms with Crippen molar-refractivity contribution in [3.8, 4) is 22.7 Å². The van der Waals surface area contributed by atoms with Crippen molar-refractivity contribution in [2.45, 2.75) is 13.1 Å². The molecular weight excluding hydrogens is 440 g/mol. The summed E-state index contributed by atoms with van der Waals surface area (Å²) in [5.41, 5.74) is 3.36. The van der Waals surface area contributed by atoms with Gasteiger partial charge in [-0.3, -0.25) is 9.59 Å². The summed E-state index contributed by atoms with van der Waals surface area (Å²) >= 11 is 0. The smallest absolute Gasteiger partial charge is 0.282 e. The van der Waals surface area contributed by atoms with Crippen LogP contribution < -0.4 is 15.6 Å². The lowest BCUT2D eigenvalue weighted by molar-refractivity contribution is 0.0950. The van der Waals surface area contributed by atoms with E-state index in [1.54, 1.807) is 19.5 Å². The molecule has 7 nitrogen and oxygen atoms in total. The van der Waals surface area contributed by atoms with Crippen LogP contribution in [0.3, 0.4) is 0 Å². The Morgan fingerprint density at radius 1 is 0.914 bits per heavy atom. The molecule has 0 fully saturated rings. The molecule has 2 aliphatic heterocycles. The zero-order valence-corrected chi connectivity index (χ0v) is 19.2. The average Bonchev–Trinajstić information content (AvgIpc) is 3.24. The molecule has 3 aromatic rings. The minimum Gasteiger partial charge on any atom is -0.496 e. The Labute approximate surface area is 202 Å². The fourth-order valence-electron chi connectivity index (χ4n) is 4.08. The predicted molar refractivity (Wildman–Crippen MR) is 134 cm³/mol. The number of rotatable bonds is 7. The SMILES string of the molecule is COc1ccccc1CNC(=O)c1cn(Cc2ccccc2)cc2c(=O)n(-c3ccccc3)nc1-2. The second kappa shape index (κ2) is 9.69. The first-order valence-electron chi connectivity index (χ1n) is 11.3. The number of para-hydroxylation sites is 2. The van der Waals surface area contributed by atoms with Crippen LogP contribution in [0.1, 0.15) is 21.5 Å². The van der Waals surface area contributed by atoms with Gasteiger partial charge in [0.05, 0.1) is 23.9 Å². The molecule has 2 heterocycles. The molecule has 0 radical (unpaired) electrons. The minimum absolute atomic E-state index is 0.271. The maximum Gasteiger partial charge on any atom is 0.282 e. The fourth-order valence-corrected chi connectivity index (χ4v) is 4.08. The topological polar surface area (TPSA) is 78.1 Å². The van der Waals surface area contributed by atoms with Crippen molar-refractivity contribution in [2.24, 2.45) is 0 Å². The van der Waals surface area contributed by atoms with Gasteiger partial charge >= 0.3 is 0 Å². The van der Waals surface area contributed by atoms with Crippen molar-refractivity contribution in [3.63, 3.8) is 0 Å². The van der Waals surface area contributed by atoms with E-state index in [0.29, 0.717) is 34.8 Å². The van der Waals surface area contributed by atoms with Gasteiger partial charge in [0, 0.05) is 31.0 Å². The molecule has 1 N–H and O–H groups in total. The first kappa shape index (κ1) is 22.2. The summed E-state index contributed by atoms with van der Waals surface area (Å²) < 4.78 is 8.59. The summed E-state index contributed by atoms with van der Waals surface area (Å²) in [6.45, 7) is 0.793. The highest BCUT2D eigenvalue weighted by molar-refractivity contribution is 5.99. The lowest BCUT2D eigenvalue weighted by Gasteiger charge is -2.14. The van der Waals surface area contributed by atoms with Crippen LogP contribution >= 0.6 is 0 Å². The number of hydrogen-bond acceptors (Lipinski definition) is 4. The van der Waals surface area contributed by atoms with Crippen LogP contribution in [0, 0.1) is 0 Å². The molecule has 0 aromatic heterocycles. The van der Waals surface area contributed by atoms with Crippen molar-refractivity contribution in [1.29, 1.82) is 0 Å². The molecule has 0 bridgehead atoms. The van der Waals surface area contributed by atoms with Gasteiger partial charge in [-0.15, -0.1) is 0 Å². The van der Waals surface area contributed by atoms with E-state index in [-0.39, 0.29) is 18.0 Å². The van der Waals surface area contributed by atoms with Gasteiger partial charge in [-0.25, -0.2) is 0 Å². The number of fused-ring (bicyclic) bond motifs is 1. The summed E-state index contributed by atoms with van der Waals surface area (Å²) in [7, 11) is 1.60. The number of hydrogen-bond donors (Lipinski definition) is 1. The monoisotopic (exact) mass is 464 g/mol. The molecule has 174 valence electrons. The molecule has 7 heteroatoms. The van der Waals surface area contributed by atoms with Crippen molar-refractivity contribution in [1.82, 2.24) is 19.7 Å². The van der Waals surface area contributed by atoms with Crippen LogP contribution in [0.5, 0.6) is 5.75 Å². The van der Waals surface area contributed by atoms with Crippen LogP contribution in [0.25, 0.3) is 16.9 Å². The third-order valence-corrected chi connectivity index (χ3v) is 5.81. The largest absolute Gasteiger partial charge is 0.496 e. The standard InChI is InChI=1S/C28H24N4O3/c1-35-25-15-9-8-12-21(25)16-29-27(33)23-18-31(17-20-10-4-2-5-11-20)19-24-26(23)30-32(28(24)34)22-13-6-3-7-14-22/h2-15,18-19H,16-17H2,1H3,(H,29,33). The van der Waals surface area contributed by atoms with Gasteiger partial charge in [0.15, 0.2) is 0 Å². The zero-order valence-electron chi connectivity index (χ0n) is 19.2. The van der Waals surface area contributed by atoms with E-state index in [1.165, 1.54) is 4.68 Å². The number of amides is 1. The van der Waals surface area contributed by atoms with Crippen molar-refractivity contribution in [3.05, 3.63) is 124 Å². The Kier molecular flexibility index (Phi) is 6.13. The van der Waals surface area contributed by atoms with Crippen molar-refractivity contribution >= 4 is 5.91 Å². The van der Waals surface area contributed by atoms with Crippen molar-refractivity contribution in [2.75, 3.05) is 7.11 Å². The summed E-state index contributed by atoms with van der Waals surface area (Å²) in [6, 6.07) is 26.6. The number of carbonyl (C=O) groups excluding carboxylic acids is 1. The number of carbonyl (C=O) groups is 1. The Balaban J connectivity index is 1.56. The van der Waals surface area contributed by atoms with Gasteiger partial charge in [-0.05, 0) is 23.8 Å². The third kappa shape index (κ3) is 4.56. The summed E-state index contributed by atoms with van der Waals surface area (Å²) in [5.74, 6) is 0.376. The van der Waals surface area contributed by atoms with Crippen LogP contribution in [0.4, 0.5) is 0 Å². The number of benzene rings is 3. The molecule has 0 unspecified atom stereocenters. The number of ether oxygens (including phenoxy) is 1. The molecule has 0 saturated heterocycles. The molecule has 0 atom stereocenters. The van der Waals surface area contributed by atoms with E-state index in [9.17, 15) is 9.59 Å². The number of methoxy groups -OCH3 is 1. The molecule has 0 spiro atoms. The maximum absolute atomic E-state index is 13.4. The highest BCUT2D eigenvalue weighted by Crippen LogP contribution is 2.24. The van der Waals surface area contributed by atoms with Crippen LogP contribution in [-0.4, -0.2) is 27.4 Å². The van der Waals surface area contributed by atoms with Gasteiger partial charge in [-0.1, -0.05) is 66.7 Å². The minimum atomic E-state index is -0.318. The molecule has 3 aromatic carbocycles. The summed E-state index contributed by atoms with van der Waals surface area (Å²) in [5, 5.41) is 7.50.